The normalized spacial score (nSPS) is 10.6. The van der Waals surface area contributed by atoms with E-state index in [-0.39, 0.29) is 0 Å². The topological polar surface area (TPSA) is 21.3 Å². The average molecular weight is 253 g/mol. The Morgan fingerprint density at radius 2 is 1.94 bits per heavy atom. The van der Waals surface area contributed by atoms with Gasteiger partial charge in [0.1, 0.15) is 0 Å². The minimum Gasteiger partial charge on any atom is -0.380 e. The summed E-state index contributed by atoms with van der Waals surface area (Å²) >= 11 is 1.89. The van der Waals surface area contributed by atoms with Gasteiger partial charge in [0.2, 0.25) is 0 Å². The Morgan fingerprint density at radius 1 is 1.12 bits per heavy atom. The number of rotatable bonds is 10. The smallest absolute Gasteiger partial charge is 0.0590 e. The lowest BCUT2D eigenvalue weighted by molar-refractivity contribution is 0.133. The Balaban J connectivity index is 1.85. The van der Waals surface area contributed by atoms with E-state index in [0.717, 1.165) is 32.1 Å². The molecule has 0 heterocycles. The fourth-order valence-corrected chi connectivity index (χ4v) is 2.21. The van der Waals surface area contributed by atoms with Gasteiger partial charge in [-0.15, -0.1) is 11.8 Å². The van der Waals surface area contributed by atoms with Crippen molar-refractivity contribution in [2.45, 2.75) is 24.7 Å². The van der Waals surface area contributed by atoms with Crippen molar-refractivity contribution in [1.29, 1.82) is 0 Å². The minimum absolute atomic E-state index is 0.829. The molecule has 0 aromatic heterocycles. The summed E-state index contributed by atoms with van der Waals surface area (Å²) in [7, 11) is 0. The molecule has 1 N–H and O–H groups in total. The van der Waals surface area contributed by atoms with Crippen LogP contribution in [0.25, 0.3) is 0 Å². The van der Waals surface area contributed by atoms with Crippen molar-refractivity contribution in [1.82, 2.24) is 5.32 Å². The highest BCUT2D eigenvalue weighted by molar-refractivity contribution is 7.99. The standard InChI is InChI=1S/C14H23NOS/c1-2-3-11-16-12-9-15-10-13-17-14-7-5-4-6-8-14/h4-8,15H,2-3,9-13H2,1H3. The van der Waals surface area contributed by atoms with Crippen LogP contribution in [0.3, 0.4) is 0 Å². The van der Waals surface area contributed by atoms with Gasteiger partial charge in [-0.1, -0.05) is 31.5 Å². The molecule has 0 saturated heterocycles. The number of hydrogen-bond acceptors (Lipinski definition) is 3. The predicted molar refractivity (Wildman–Crippen MR) is 75.8 cm³/mol. The lowest BCUT2D eigenvalue weighted by Gasteiger charge is -2.05. The molecular formula is C14H23NOS. The first-order chi connectivity index (χ1) is 8.43. The third-order valence-electron chi connectivity index (χ3n) is 2.36. The van der Waals surface area contributed by atoms with Crippen LogP contribution in [-0.4, -0.2) is 32.1 Å². The fraction of sp³-hybridized carbons (Fsp3) is 0.571. The summed E-state index contributed by atoms with van der Waals surface area (Å²) in [5.74, 6) is 1.11. The highest BCUT2D eigenvalue weighted by Gasteiger charge is 1.92. The van der Waals surface area contributed by atoms with Gasteiger partial charge in [-0.25, -0.2) is 0 Å². The maximum atomic E-state index is 5.47. The van der Waals surface area contributed by atoms with E-state index in [1.165, 1.54) is 17.7 Å². The highest BCUT2D eigenvalue weighted by Crippen LogP contribution is 2.15. The quantitative estimate of drug-likeness (QED) is 0.511. The number of benzene rings is 1. The van der Waals surface area contributed by atoms with E-state index in [0.29, 0.717) is 0 Å². The summed E-state index contributed by atoms with van der Waals surface area (Å²) in [4.78, 5) is 1.34. The lowest BCUT2D eigenvalue weighted by atomic mass is 10.4. The van der Waals surface area contributed by atoms with Crippen molar-refractivity contribution in [2.75, 3.05) is 32.1 Å². The first-order valence-corrected chi connectivity index (χ1v) is 7.38. The molecule has 0 atom stereocenters. The van der Waals surface area contributed by atoms with E-state index in [1.54, 1.807) is 0 Å². The second-order valence-corrected chi connectivity index (χ2v) is 5.05. The molecule has 0 unspecified atom stereocenters. The van der Waals surface area contributed by atoms with Crippen LogP contribution >= 0.6 is 11.8 Å². The Hall–Kier alpha value is -0.510. The average Bonchev–Trinajstić information content (AvgIpc) is 2.38. The highest BCUT2D eigenvalue weighted by atomic mass is 32.2. The molecule has 1 aromatic carbocycles. The lowest BCUT2D eigenvalue weighted by Crippen LogP contribution is -2.22. The van der Waals surface area contributed by atoms with Crippen LogP contribution in [0.1, 0.15) is 19.8 Å². The van der Waals surface area contributed by atoms with Crippen LogP contribution in [0.4, 0.5) is 0 Å². The summed E-state index contributed by atoms with van der Waals surface area (Å²) in [5, 5.41) is 3.39. The first kappa shape index (κ1) is 14.6. The molecule has 0 spiro atoms. The van der Waals surface area contributed by atoms with E-state index in [2.05, 4.69) is 42.6 Å². The summed E-state index contributed by atoms with van der Waals surface area (Å²) in [6, 6.07) is 10.5. The van der Waals surface area contributed by atoms with Crippen LogP contribution in [-0.2, 0) is 4.74 Å². The molecule has 0 amide bonds. The Labute approximate surface area is 109 Å². The van der Waals surface area contributed by atoms with Crippen molar-refractivity contribution in [3.05, 3.63) is 30.3 Å². The third kappa shape index (κ3) is 8.25. The molecule has 1 aromatic rings. The van der Waals surface area contributed by atoms with Crippen molar-refractivity contribution in [3.63, 3.8) is 0 Å². The molecule has 0 radical (unpaired) electrons. The van der Waals surface area contributed by atoms with Gasteiger partial charge in [-0.3, -0.25) is 0 Å². The van der Waals surface area contributed by atoms with Gasteiger partial charge in [0, 0.05) is 30.3 Å². The number of thioether (sulfide) groups is 1. The second kappa shape index (κ2) is 10.6. The Morgan fingerprint density at radius 3 is 2.71 bits per heavy atom. The number of unbranched alkanes of at least 4 members (excludes halogenated alkanes) is 1. The van der Waals surface area contributed by atoms with Gasteiger partial charge in [-0.2, -0.15) is 0 Å². The first-order valence-electron chi connectivity index (χ1n) is 6.40. The largest absolute Gasteiger partial charge is 0.380 e. The monoisotopic (exact) mass is 253 g/mol. The summed E-state index contributed by atoms with van der Waals surface area (Å²) in [6.07, 6.45) is 2.38. The number of ether oxygens (including phenoxy) is 1. The van der Waals surface area contributed by atoms with Gasteiger partial charge in [-0.05, 0) is 18.6 Å². The molecular weight excluding hydrogens is 230 g/mol. The minimum atomic E-state index is 0.829. The van der Waals surface area contributed by atoms with Crippen LogP contribution < -0.4 is 5.32 Å². The van der Waals surface area contributed by atoms with E-state index in [1.807, 2.05) is 11.8 Å². The van der Waals surface area contributed by atoms with Crippen molar-refractivity contribution < 1.29 is 4.74 Å². The zero-order valence-corrected chi connectivity index (χ0v) is 11.5. The van der Waals surface area contributed by atoms with Gasteiger partial charge in [0.15, 0.2) is 0 Å². The molecule has 1 rings (SSSR count). The van der Waals surface area contributed by atoms with Gasteiger partial charge in [0.25, 0.3) is 0 Å². The summed E-state index contributed by atoms with van der Waals surface area (Å²) in [5.41, 5.74) is 0. The van der Waals surface area contributed by atoms with Gasteiger partial charge < -0.3 is 10.1 Å². The van der Waals surface area contributed by atoms with E-state index in [4.69, 9.17) is 4.74 Å². The SMILES string of the molecule is CCCCOCCNCCSc1ccccc1. The Bertz CT molecular complexity index is 266. The number of hydrogen-bond donors (Lipinski definition) is 1. The van der Waals surface area contributed by atoms with Crippen molar-refractivity contribution in [2.24, 2.45) is 0 Å². The van der Waals surface area contributed by atoms with E-state index < -0.39 is 0 Å². The van der Waals surface area contributed by atoms with E-state index in [9.17, 15) is 0 Å². The molecule has 0 aliphatic carbocycles. The number of nitrogens with one attached hydrogen (secondary N) is 1. The van der Waals surface area contributed by atoms with Crippen LogP contribution in [0.15, 0.2) is 35.2 Å². The summed E-state index contributed by atoms with van der Waals surface area (Å²) < 4.78 is 5.47. The van der Waals surface area contributed by atoms with Crippen molar-refractivity contribution >= 4 is 11.8 Å². The molecule has 3 heteroatoms. The second-order valence-electron chi connectivity index (χ2n) is 3.88. The molecule has 17 heavy (non-hydrogen) atoms. The molecule has 0 aliphatic rings. The predicted octanol–water partition coefficient (Wildman–Crippen LogP) is 3.19. The molecule has 0 saturated carbocycles. The van der Waals surface area contributed by atoms with Crippen LogP contribution in [0.2, 0.25) is 0 Å². The maximum absolute atomic E-state index is 5.47. The van der Waals surface area contributed by atoms with Crippen LogP contribution in [0.5, 0.6) is 0 Å². The maximum Gasteiger partial charge on any atom is 0.0590 e. The fourth-order valence-electron chi connectivity index (χ4n) is 1.38. The van der Waals surface area contributed by atoms with Crippen molar-refractivity contribution in [3.8, 4) is 0 Å². The third-order valence-corrected chi connectivity index (χ3v) is 3.37. The molecule has 96 valence electrons. The van der Waals surface area contributed by atoms with Crippen LogP contribution in [0, 0.1) is 0 Å². The summed E-state index contributed by atoms with van der Waals surface area (Å²) in [6.45, 7) is 5.91. The van der Waals surface area contributed by atoms with E-state index >= 15 is 0 Å². The zero-order valence-electron chi connectivity index (χ0n) is 10.7. The zero-order chi connectivity index (χ0) is 12.2. The molecule has 2 nitrogen and oxygen atoms in total. The Kier molecular flexibility index (Phi) is 9.10. The molecule has 0 aliphatic heterocycles. The molecule has 0 bridgehead atoms. The van der Waals surface area contributed by atoms with Gasteiger partial charge in [0.05, 0.1) is 6.61 Å². The molecule has 0 fully saturated rings. The van der Waals surface area contributed by atoms with Gasteiger partial charge >= 0.3 is 0 Å².